The Morgan fingerprint density at radius 3 is 2.77 bits per heavy atom. The number of hydrogen-bond acceptors (Lipinski definition) is 5. The number of nitro groups is 1. The Bertz CT molecular complexity index is 1010. The molecule has 0 spiro atoms. The lowest BCUT2D eigenvalue weighted by atomic mass is 10.1. The van der Waals surface area contributed by atoms with Crippen LogP contribution in [0.4, 0.5) is 5.69 Å². The van der Waals surface area contributed by atoms with Crippen molar-refractivity contribution in [1.82, 2.24) is 14.9 Å². The van der Waals surface area contributed by atoms with E-state index in [0.29, 0.717) is 22.6 Å². The van der Waals surface area contributed by atoms with Crippen molar-refractivity contribution in [2.75, 3.05) is 0 Å². The highest BCUT2D eigenvalue weighted by Crippen LogP contribution is 2.24. The molecule has 0 aliphatic heterocycles. The predicted molar refractivity (Wildman–Crippen MR) is 102 cm³/mol. The van der Waals surface area contributed by atoms with Gasteiger partial charge in [-0.3, -0.25) is 15.2 Å². The van der Waals surface area contributed by atoms with Crippen LogP contribution in [0, 0.1) is 14.9 Å². The highest BCUT2D eigenvalue weighted by atomic mass is 35.5. The van der Waals surface area contributed by atoms with E-state index in [1.54, 1.807) is 6.07 Å². The normalized spacial score (nSPS) is 11.1. The second kappa shape index (κ2) is 8.03. The van der Waals surface area contributed by atoms with E-state index in [1.807, 2.05) is 30.3 Å². The van der Waals surface area contributed by atoms with Crippen LogP contribution >= 0.6 is 23.8 Å². The molecule has 0 aliphatic carbocycles. The van der Waals surface area contributed by atoms with Gasteiger partial charge in [-0.2, -0.15) is 14.9 Å². The molecule has 0 saturated carbocycles. The molecule has 132 valence electrons. The van der Waals surface area contributed by atoms with Gasteiger partial charge in [0.25, 0.3) is 5.69 Å². The van der Waals surface area contributed by atoms with Gasteiger partial charge in [-0.25, -0.2) is 0 Å². The van der Waals surface area contributed by atoms with Crippen LogP contribution in [0.2, 0.25) is 5.02 Å². The van der Waals surface area contributed by atoms with Crippen molar-refractivity contribution in [3.05, 3.63) is 85.4 Å². The minimum Gasteiger partial charge on any atom is -0.258 e. The lowest BCUT2D eigenvalue weighted by molar-refractivity contribution is -0.384. The molecule has 26 heavy (non-hydrogen) atoms. The minimum absolute atomic E-state index is 0.0793. The average molecular weight is 388 g/mol. The summed E-state index contributed by atoms with van der Waals surface area (Å²) in [7, 11) is 0. The average Bonchev–Trinajstić information content (AvgIpc) is 2.99. The summed E-state index contributed by atoms with van der Waals surface area (Å²) in [6.07, 6.45) is 2.93. The first kappa shape index (κ1) is 18.0. The van der Waals surface area contributed by atoms with Gasteiger partial charge < -0.3 is 0 Å². The van der Waals surface area contributed by atoms with Crippen LogP contribution in [0.25, 0.3) is 0 Å². The maximum Gasteiger partial charge on any atom is 0.288 e. The fourth-order valence-electron chi connectivity index (χ4n) is 2.38. The van der Waals surface area contributed by atoms with Crippen molar-refractivity contribution in [2.45, 2.75) is 12.8 Å². The topological polar surface area (TPSA) is 89.1 Å². The minimum atomic E-state index is -0.533. The highest BCUT2D eigenvalue weighted by Gasteiger charge is 2.12. The monoisotopic (exact) mass is 387 g/mol. The molecule has 0 radical (unpaired) electrons. The zero-order chi connectivity index (χ0) is 18.5. The van der Waals surface area contributed by atoms with Crippen molar-refractivity contribution in [2.24, 2.45) is 5.10 Å². The van der Waals surface area contributed by atoms with Crippen molar-refractivity contribution < 1.29 is 4.92 Å². The van der Waals surface area contributed by atoms with Crippen LogP contribution < -0.4 is 0 Å². The van der Waals surface area contributed by atoms with E-state index in [2.05, 4.69) is 15.3 Å². The molecule has 0 unspecified atom stereocenters. The van der Waals surface area contributed by atoms with Crippen LogP contribution in [0.15, 0.2) is 53.6 Å². The first-order valence-electron chi connectivity index (χ1n) is 7.73. The molecule has 3 aromatic rings. The standard InChI is InChI=1S/C17H14ClN5O2S/c18-14-8-6-13(10-15(14)23(24)25)11-19-22-16(20-21-17(22)26)9-7-12-4-2-1-3-5-12/h1-6,8,10-11H,7,9H2,(H,21,26)/b19-11-. The van der Waals surface area contributed by atoms with E-state index in [0.717, 1.165) is 6.42 Å². The first-order valence-corrected chi connectivity index (χ1v) is 8.52. The van der Waals surface area contributed by atoms with Crippen LogP contribution in [-0.4, -0.2) is 26.0 Å². The number of rotatable bonds is 6. The third-order valence-electron chi connectivity index (χ3n) is 3.69. The third-order valence-corrected chi connectivity index (χ3v) is 4.27. The summed E-state index contributed by atoms with van der Waals surface area (Å²) < 4.78 is 1.87. The first-order chi connectivity index (χ1) is 12.5. The van der Waals surface area contributed by atoms with Gasteiger partial charge >= 0.3 is 0 Å². The Balaban J connectivity index is 1.81. The largest absolute Gasteiger partial charge is 0.288 e. The second-order valence-corrected chi connectivity index (χ2v) is 6.25. The lowest BCUT2D eigenvalue weighted by Gasteiger charge is -2.02. The van der Waals surface area contributed by atoms with Gasteiger partial charge in [0.15, 0.2) is 5.82 Å². The Hall–Kier alpha value is -2.84. The maximum atomic E-state index is 11.0. The molecule has 0 aliphatic rings. The molecule has 1 N–H and O–H groups in total. The van der Waals surface area contributed by atoms with Crippen molar-refractivity contribution in [1.29, 1.82) is 0 Å². The number of aromatic amines is 1. The number of nitrogens with one attached hydrogen (secondary N) is 1. The zero-order valence-electron chi connectivity index (χ0n) is 13.5. The molecule has 0 saturated heterocycles. The van der Waals surface area contributed by atoms with Crippen LogP contribution in [0.5, 0.6) is 0 Å². The van der Waals surface area contributed by atoms with Crippen LogP contribution in [0.1, 0.15) is 17.0 Å². The van der Waals surface area contributed by atoms with E-state index < -0.39 is 4.92 Å². The molecule has 1 aromatic heterocycles. The number of halogens is 1. The fraction of sp³-hybridized carbons (Fsp3) is 0.118. The Morgan fingerprint density at radius 2 is 2.04 bits per heavy atom. The molecular formula is C17H14ClN5O2S. The second-order valence-electron chi connectivity index (χ2n) is 5.45. The Labute approximate surface area is 159 Å². The van der Waals surface area contributed by atoms with E-state index >= 15 is 0 Å². The van der Waals surface area contributed by atoms with E-state index in [1.165, 1.54) is 28.6 Å². The number of aryl methyl sites for hydroxylation is 2. The summed E-state index contributed by atoms with van der Waals surface area (Å²) in [5.41, 5.74) is 1.55. The number of aromatic nitrogens is 3. The number of nitrogens with zero attached hydrogens (tertiary/aromatic N) is 4. The molecular weight excluding hydrogens is 374 g/mol. The van der Waals surface area contributed by atoms with Gasteiger partial charge in [0.1, 0.15) is 5.02 Å². The van der Waals surface area contributed by atoms with Gasteiger partial charge in [-0.15, -0.1) is 0 Å². The number of H-pyrrole nitrogens is 1. The van der Waals surface area contributed by atoms with E-state index in [4.69, 9.17) is 23.8 Å². The maximum absolute atomic E-state index is 11.0. The lowest BCUT2D eigenvalue weighted by Crippen LogP contribution is -2.01. The Morgan fingerprint density at radius 1 is 1.27 bits per heavy atom. The summed E-state index contributed by atoms with van der Waals surface area (Å²) in [6.45, 7) is 0. The molecule has 0 bridgehead atoms. The van der Waals surface area contributed by atoms with Crippen molar-refractivity contribution in [3.63, 3.8) is 0 Å². The smallest absolute Gasteiger partial charge is 0.258 e. The van der Waals surface area contributed by atoms with Crippen molar-refractivity contribution in [3.8, 4) is 0 Å². The zero-order valence-corrected chi connectivity index (χ0v) is 15.1. The molecule has 0 fully saturated rings. The van der Waals surface area contributed by atoms with Gasteiger partial charge in [0.2, 0.25) is 4.77 Å². The van der Waals surface area contributed by atoms with Gasteiger partial charge in [-0.05, 0) is 30.3 Å². The summed E-state index contributed by atoms with van der Waals surface area (Å²) in [5.74, 6) is 0.679. The molecule has 0 amide bonds. The molecule has 3 rings (SSSR count). The summed E-state index contributed by atoms with van der Waals surface area (Å²) >= 11 is 11.0. The predicted octanol–water partition coefficient (Wildman–Crippen LogP) is 4.17. The van der Waals surface area contributed by atoms with Crippen LogP contribution in [-0.2, 0) is 12.8 Å². The van der Waals surface area contributed by atoms with Gasteiger partial charge in [-0.1, -0.05) is 48.0 Å². The number of nitro benzene ring substituents is 1. The Kier molecular flexibility index (Phi) is 5.55. The van der Waals surface area contributed by atoms with Gasteiger partial charge in [0, 0.05) is 18.1 Å². The summed E-state index contributed by atoms with van der Waals surface area (Å²) in [5, 5.41) is 22.3. The van der Waals surface area contributed by atoms with Crippen molar-refractivity contribution >= 4 is 35.7 Å². The number of hydrogen-bond donors (Lipinski definition) is 1. The molecule has 2 aromatic carbocycles. The molecule has 7 nitrogen and oxygen atoms in total. The molecule has 0 atom stereocenters. The van der Waals surface area contributed by atoms with Gasteiger partial charge in [0.05, 0.1) is 11.1 Å². The molecule has 1 heterocycles. The SMILES string of the molecule is O=[N+]([O-])c1cc(/C=N\n2c(CCc3ccccc3)n[nH]c2=S)ccc1Cl. The van der Waals surface area contributed by atoms with E-state index in [9.17, 15) is 10.1 Å². The summed E-state index contributed by atoms with van der Waals surface area (Å²) in [6, 6.07) is 14.5. The highest BCUT2D eigenvalue weighted by molar-refractivity contribution is 7.71. The quantitative estimate of drug-likeness (QED) is 0.297. The van der Waals surface area contributed by atoms with Crippen LogP contribution in [0.3, 0.4) is 0 Å². The third kappa shape index (κ3) is 4.22. The number of benzene rings is 2. The summed E-state index contributed by atoms with van der Waals surface area (Å²) in [4.78, 5) is 10.4. The van der Waals surface area contributed by atoms with E-state index in [-0.39, 0.29) is 10.7 Å². The molecule has 9 heteroatoms. The fourth-order valence-corrected chi connectivity index (χ4v) is 2.77.